The van der Waals surface area contributed by atoms with Crippen LogP contribution in [0, 0.1) is 0 Å². The average molecular weight is 287 g/mol. The van der Waals surface area contributed by atoms with Crippen molar-refractivity contribution in [2.24, 2.45) is 0 Å². The largest absolute Gasteiger partial charge is 0.311 e. The summed E-state index contributed by atoms with van der Waals surface area (Å²) in [5.41, 5.74) is 2.06. The summed E-state index contributed by atoms with van der Waals surface area (Å²) >= 11 is 0. The molecule has 0 unspecified atom stereocenters. The van der Waals surface area contributed by atoms with E-state index < -0.39 is 0 Å². The van der Waals surface area contributed by atoms with Crippen LogP contribution in [-0.4, -0.2) is 26.1 Å². The lowest BCUT2D eigenvalue weighted by Crippen LogP contribution is -2.17. The maximum Gasteiger partial charge on any atom is 0.131 e. The molecule has 2 heterocycles. The fourth-order valence-electron chi connectivity index (χ4n) is 2.24. The minimum atomic E-state index is 0.331. The fraction of sp³-hybridized carbons (Fsp3) is 0.562. The van der Waals surface area contributed by atoms with E-state index in [2.05, 4.69) is 47.5 Å². The Kier molecular flexibility index (Phi) is 5.44. The van der Waals surface area contributed by atoms with Gasteiger partial charge in [-0.1, -0.05) is 27.7 Å². The molecule has 0 atom stereocenters. The second kappa shape index (κ2) is 7.31. The van der Waals surface area contributed by atoms with Gasteiger partial charge in [0.15, 0.2) is 0 Å². The fourth-order valence-corrected chi connectivity index (χ4v) is 2.24. The van der Waals surface area contributed by atoms with Crippen molar-refractivity contribution in [2.75, 3.05) is 6.54 Å². The third-order valence-electron chi connectivity index (χ3n) is 3.37. The molecule has 5 nitrogen and oxygen atoms in total. The molecule has 0 amide bonds. The Morgan fingerprint density at radius 3 is 2.71 bits per heavy atom. The number of rotatable bonds is 7. The van der Waals surface area contributed by atoms with E-state index in [1.54, 1.807) is 0 Å². The molecule has 0 radical (unpaired) electrons. The molecule has 1 N–H and O–H groups in total. The van der Waals surface area contributed by atoms with Gasteiger partial charge in [0.2, 0.25) is 0 Å². The Labute approximate surface area is 126 Å². The minimum absolute atomic E-state index is 0.331. The van der Waals surface area contributed by atoms with Crippen molar-refractivity contribution in [3.8, 4) is 5.69 Å². The van der Waals surface area contributed by atoms with Gasteiger partial charge in [0.1, 0.15) is 11.6 Å². The van der Waals surface area contributed by atoms with Crippen LogP contribution in [0.2, 0.25) is 0 Å². The van der Waals surface area contributed by atoms with Gasteiger partial charge >= 0.3 is 0 Å². The molecule has 0 aliphatic heterocycles. The number of hydrogen-bond donors (Lipinski definition) is 1. The highest BCUT2D eigenvalue weighted by Gasteiger charge is 2.13. The zero-order valence-corrected chi connectivity index (χ0v) is 13.4. The monoisotopic (exact) mass is 287 g/mol. The van der Waals surface area contributed by atoms with E-state index in [0.29, 0.717) is 5.92 Å². The third-order valence-corrected chi connectivity index (χ3v) is 3.37. The molecule has 0 fully saturated rings. The Bertz CT molecular complexity index is 574. The topological polar surface area (TPSA) is 55.6 Å². The molecule has 0 aromatic carbocycles. The standard InChI is InChI=1S/C16H25N5/c1-5-7-15-18-8-9-21(15)14-11-19-16(12(3)4)20-13(14)10-17-6-2/h8-9,11-12,17H,5-7,10H2,1-4H3. The number of aryl methyl sites for hydroxylation is 1. The Morgan fingerprint density at radius 1 is 1.24 bits per heavy atom. The van der Waals surface area contributed by atoms with Gasteiger partial charge in [-0.05, 0) is 13.0 Å². The molecule has 2 rings (SSSR count). The predicted molar refractivity (Wildman–Crippen MR) is 84.6 cm³/mol. The van der Waals surface area contributed by atoms with E-state index in [0.717, 1.165) is 49.0 Å². The molecule has 0 spiro atoms. The summed E-state index contributed by atoms with van der Waals surface area (Å²) < 4.78 is 2.11. The van der Waals surface area contributed by atoms with E-state index in [9.17, 15) is 0 Å². The van der Waals surface area contributed by atoms with E-state index in [4.69, 9.17) is 4.98 Å². The van der Waals surface area contributed by atoms with Crippen molar-refractivity contribution in [1.82, 2.24) is 24.8 Å². The van der Waals surface area contributed by atoms with Crippen LogP contribution < -0.4 is 5.32 Å². The first-order chi connectivity index (χ1) is 10.2. The molecule has 0 aliphatic carbocycles. The van der Waals surface area contributed by atoms with Crippen LogP contribution in [0.3, 0.4) is 0 Å². The molecule has 0 saturated carbocycles. The van der Waals surface area contributed by atoms with Crippen LogP contribution in [0.1, 0.15) is 57.4 Å². The summed E-state index contributed by atoms with van der Waals surface area (Å²) in [4.78, 5) is 13.7. The van der Waals surface area contributed by atoms with E-state index >= 15 is 0 Å². The summed E-state index contributed by atoms with van der Waals surface area (Å²) in [6, 6.07) is 0. The molecule has 114 valence electrons. The van der Waals surface area contributed by atoms with Crippen molar-refractivity contribution in [3.63, 3.8) is 0 Å². The number of hydrogen-bond acceptors (Lipinski definition) is 4. The highest BCUT2D eigenvalue weighted by atomic mass is 15.1. The molecule has 2 aromatic rings. The lowest BCUT2D eigenvalue weighted by molar-refractivity contribution is 0.676. The van der Waals surface area contributed by atoms with Gasteiger partial charge in [-0.2, -0.15) is 0 Å². The molecular weight excluding hydrogens is 262 g/mol. The minimum Gasteiger partial charge on any atom is -0.311 e. The van der Waals surface area contributed by atoms with E-state index in [1.807, 2.05) is 18.6 Å². The first-order valence-corrected chi connectivity index (χ1v) is 7.76. The Morgan fingerprint density at radius 2 is 2.05 bits per heavy atom. The van der Waals surface area contributed by atoms with Gasteiger partial charge in [-0.3, -0.25) is 0 Å². The number of nitrogens with one attached hydrogen (secondary N) is 1. The summed E-state index contributed by atoms with van der Waals surface area (Å²) in [7, 11) is 0. The molecule has 5 heteroatoms. The van der Waals surface area contributed by atoms with Crippen molar-refractivity contribution in [2.45, 2.75) is 53.0 Å². The van der Waals surface area contributed by atoms with Crippen LogP contribution in [-0.2, 0) is 13.0 Å². The third kappa shape index (κ3) is 3.67. The molecule has 0 bridgehead atoms. The lowest BCUT2D eigenvalue weighted by atomic mass is 10.2. The number of nitrogens with zero attached hydrogens (tertiary/aromatic N) is 4. The smallest absolute Gasteiger partial charge is 0.131 e. The Hall–Kier alpha value is -1.75. The maximum absolute atomic E-state index is 4.74. The number of aromatic nitrogens is 4. The van der Waals surface area contributed by atoms with Gasteiger partial charge in [-0.25, -0.2) is 15.0 Å². The quantitative estimate of drug-likeness (QED) is 0.851. The summed E-state index contributed by atoms with van der Waals surface area (Å²) in [6.07, 6.45) is 7.80. The highest BCUT2D eigenvalue weighted by Crippen LogP contribution is 2.18. The normalized spacial score (nSPS) is 11.3. The van der Waals surface area contributed by atoms with Gasteiger partial charge in [0.25, 0.3) is 0 Å². The second-order valence-corrected chi connectivity index (χ2v) is 5.46. The van der Waals surface area contributed by atoms with Crippen molar-refractivity contribution in [3.05, 3.63) is 35.9 Å². The second-order valence-electron chi connectivity index (χ2n) is 5.46. The van der Waals surface area contributed by atoms with E-state index in [1.165, 1.54) is 0 Å². The average Bonchev–Trinajstić information content (AvgIpc) is 2.93. The Balaban J connectivity index is 2.43. The summed E-state index contributed by atoms with van der Waals surface area (Å²) in [5, 5.41) is 3.36. The molecule has 0 saturated heterocycles. The van der Waals surface area contributed by atoms with Crippen molar-refractivity contribution in [1.29, 1.82) is 0 Å². The molecule has 0 aliphatic rings. The van der Waals surface area contributed by atoms with Crippen LogP contribution in [0.25, 0.3) is 5.69 Å². The molecular formula is C16H25N5. The van der Waals surface area contributed by atoms with Crippen LogP contribution in [0.4, 0.5) is 0 Å². The zero-order valence-electron chi connectivity index (χ0n) is 13.4. The summed E-state index contributed by atoms with van der Waals surface area (Å²) in [5.74, 6) is 2.29. The van der Waals surface area contributed by atoms with Gasteiger partial charge in [-0.15, -0.1) is 0 Å². The zero-order chi connectivity index (χ0) is 15.2. The van der Waals surface area contributed by atoms with Crippen LogP contribution in [0.5, 0.6) is 0 Å². The van der Waals surface area contributed by atoms with Gasteiger partial charge in [0, 0.05) is 31.3 Å². The van der Waals surface area contributed by atoms with Gasteiger partial charge in [0.05, 0.1) is 17.6 Å². The van der Waals surface area contributed by atoms with Gasteiger partial charge < -0.3 is 9.88 Å². The number of imidazole rings is 1. The van der Waals surface area contributed by atoms with Crippen molar-refractivity contribution >= 4 is 0 Å². The van der Waals surface area contributed by atoms with Crippen molar-refractivity contribution < 1.29 is 0 Å². The first-order valence-electron chi connectivity index (χ1n) is 7.76. The highest BCUT2D eigenvalue weighted by molar-refractivity contribution is 5.36. The summed E-state index contributed by atoms with van der Waals surface area (Å²) in [6.45, 7) is 10.2. The predicted octanol–water partition coefficient (Wildman–Crippen LogP) is 2.85. The first kappa shape index (κ1) is 15.6. The maximum atomic E-state index is 4.74. The molecule has 2 aromatic heterocycles. The van der Waals surface area contributed by atoms with Crippen LogP contribution in [0.15, 0.2) is 18.6 Å². The van der Waals surface area contributed by atoms with E-state index in [-0.39, 0.29) is 0 Å². The van der Waals surface area contributed by atoms with Crippen LogP contribution >= 0.6 is 0 Å². The SMILES string of the molecule is CCCc1nccn1-c1cnc(C(C)C)nc1CNCC. The lowest BCUT2D eigenvalue weighted by Gasteiger charge is -2.14. The molecule has 21 heavy (non-hydrogen) atoms.